The number of likely N-dealkylation sites (N-methyl/N-ethyl adjacent to an activating group) is 1. The van der Waals surface area contributed by atoms with Gasteiger partial charge in [0.1, 0.15) is 0 Å². The standard InChI is InChI=1S/C5H11NO.C2H6/c1-6-2-4-7-5-3-6;1-2/h2-5H2,1H3;1-2H3. The first-order valence-electron chi connectivity index (χ1n) is 3.66. The highest BCUT2D eigenvalue weighted by Gasteiger charge is 2.02. The summed E-state index contributed by atoms with van der Waals surface area (Å²) in [7, 11) is 2.11. The lowest BCUT2D eigenvalue weighted by atomic mass is 10.5. The summed E-state index contributed by atoms with van der Waals surface area (Å²) in [6.07, 6.45) is 0. The minimum Gasteiger partial charge on any atom is -0.379 e. The molecule has 0 aromatic carbocycles. The maximum atomic E-state index is 5.10. The molecule has 0 N–H and O–H groups in total. The van der Waals surface area contributed by atoms with Gasteiger partial charge in [-0.1, -0.05) is 13.8 Å². The summed E-state index contributed by atoms with van der Waals surface area (Å²) in [5, 5.41) is 0. The Labute approximate surface area is 57.8 Å². The third kappa shape index (κ3) is 4.43. The fourth-order valence-electron chi connectivity index (χ4n) is 0.655. The van der Waals surface area contributed by atoms with Crippen molar-refractivity contribution in [2.75, 3.05) is 33.4 Å². The topological polar surface area (TPSA) is 12.5 Å². The zero-order valence-corrected chi connectivity index (χ0v) is 6.68. The first kappa shape index (κ1) is 8.92. The van der Waals surface area contributed by atoms with Crippen LogP contribution in [0, 0.1) is 0 Å². The molecule has 1 fully saturated rings. The maximum absolute atomic E-state index is 5.10. The van der Waals surface area contributed by atoms with Crippen LogP contribution in [0.25, 0.3) is 0 Å². The Balaban J connectivity index is 0.000000291. The van der Waals surface area contributed by atoms with Gasteiger partial charge < -0.3 is 9.64 Å². The minimum atomic E-state index is 0.913. The lowest BCUT2D eigenvalue weighted by Crippen LogP contribution is -2.32. The fraction of sp³-hybridized carbons (Fsp3) is 1.00. The van der Waals surface area contributed by atoms with E-state index in [0.29, 0.717) is 0 Å². The molecule has 0 amide bonds. The SMILES string of the molecule is CC.CN1CCOCC1. The van der Waals surface area contributed by atoms with Gasteiger partial charge in [-0.3, -0.25) is 0 Å². The molecule has 0 spiro atoms. The molecule has 1 aliphatic rings. The number of hydrogen-bond donors (Lipinski definition) is 0. The van der Waals surface area contributed by atoms with Gasteiger partial charge in [0.2, 0.25) is 0 Å². The van der Waals surface area contributed by atoms with E-state index in [2.05, 4.69) is 11.9 Å². The van der Waals surface area contributed by atoms with Crippen LogP contribution >= 0.6 is 0 Å². The van der Waals surface area contributed by atoms with Gasteiger partial charge in [0, 0.05) is 13.1 Å². The van der Waals surface area contributed by atoms with E-state index in [1.54, 1.807) is 0 Å². The van der Waals surface area contributed by atoms with Crippen molar-refractivity contribution in [2.45, 2.75) is 13.8 Å². The van der Waals surface area contributed by atoms with Crippen LogP contribution in [-0.2, 0) is 4.74 Å². The Morgan fingerprint density at radius 1 is 1.11 bits per heavy atom. The van der Waals surface area contributed by atoms with E-state index in [0.717, 1.165) is 26.3 Å². The third-order valence-corrected chi connectivity index (χ3v) is 1.23. The molecule has 2 heteroatoms. The molecule has 1 heterocycles. The van der Waals surface area contributed by atoms with Crippen molar-refractivity contribution in [3.63, 3.8) is 0 Å². The molecule has 0 radical (unpaired) electrons. The molecule has 0 bridgehead atoms. The quantitative estimate of drug-likeness (QED) is 0.486. The van der Waals surface area contributed by atoms with Gasteiger partial charge in [-0.2, -0.15) is 0 Å². The van der Waals surface area contributed by atoms with Crippen LogP contribution in [0.1, 0.15) is 13.8 Å². The molecule has 1 saturated heterocycles. The van der Waals surface area contributed by atoms with Gasteiger partial charge >= 0.3 is 0 Å². The third-order valence-electron chi connectivity index (χ3n) is 1.23. The van der Waals surface area contributed by atoms with Crippen LogP contribution in [0.3, 0.4) is 0 Å². The van der Waals surface area contributed by atoms with Crippen LogP contribution in [0.15, 0.2) is 0 Å². The van der Waals surface area contributed by atoms with Crippen LogP contribution in [0.5, 0.6) is 0 Å². The average Bonchev–Trinajstić information content (AvgIpc) is 1.94. The van der Waals surface area contributed by atoms with E-state index < -0.39 is 0 Å². The van der Waals surface area contributed by atoms with Crippen molar-refractivity contribution in [1.82, 2.24) is 4.90 Å². The summed E-state index contributed by atoms with van der Waals surface area (Å²) in [6.45, 7) is 8.02. The van der Waals surface area contributed by atoms with Crippen molar-refractivity contribution < 1.29 is 4.74 Å². The largest absolute Gasteiger partial charge is 0.379 e. The monoisotopic (exact) mass is 131 g/mol. The first-order valence-corrected chi connectivity index (χ1v) is 3.66. The first-order chi connectivity index (χ1) is 4.39. The minimum absolute atomic E-state index is 0.913. The summed E-state index contributed by atoms with van der Waals surface area (Å²) in [5.41, 5.74) is 0. The van der Waals surface area contributed by atoms with E-state index in [9.17, 15) is 0 Å². The van der Waals surface area contributed by atoms with E-state index >= 15 is 0 Å². The molecule has 0 atom stereocenters. The highest BCUT2D eigenvalue weighted by molar-refractivity contribution is 4.53. The highest BCUT2D eigenvalue weighted by atomic mass is 16.5. The van der Waals surface area contributed by atoms with Gasteiger partial charge in [0.25, 0.3) is 0 Å². The van der Waals surface area contributed by atoms with Crippen molar-refractivity contribution in [1.29, 1.82) is 0 Å². The van der Waals surface area contributed by atoms with Crippen LogP contribution in [0.4, 0.5) is 0 Å². The predicted molar refractivity (Wildman–Crippen MR) is 39.7 cm³/mol. The molecule has 2 nitrogen and oxygen atoms in total. The number of morpholine rings is 1. The molecule has 0 saturated carbocycles. The van der Waals surface area contributed by atoms with Crippen LogP contribution in [0.2, 0.25) is 0 Å². The molecule has 1 rings (SSSR count). The Bertz CT molecular complexity index is 50.9. The Kier molecular flexibility index (Phi) is 5.99. The second kappa shape index (κ2) is 6.05. The molecule has 0 unspecified atom stereocenters. The molecule has 0 aromatic heterocycles. The van der Waals surface area contributed by atoms with Crippen LogP contribution in [-0.4, -0.2) is 38.3 Å². The van der Waals surface area contributed by atoms with Gasteiger partial charge in [-0.15, -0.1) is 0 Å². The fourth-order valence-corrected chi connectivity index (χ4v) is 0.655. The van der Waals surface area contributed by atoms with Gasteiger partial charge in [0.15, 0.2) is 0 Å². The molecule has 56 valence electrons. The number of nitrogens with zero attached hydrogens (tertiary/aromatic N) is 1. The van der Waals surface area contributed by atoms with Gasteiger partial charge in [-0.25, -0.2) is 0 Å². The Morgan fingerprint density at radius 3 is 1.78 bits per heavy atom. The average molecular weight is 131 g/mol. The zero-order chi connectivity index (χ0) is 7.11. The van der Waals surface area contributed by atoms with Crippen LogP contribution < -0.4 is 0 Å². The van der Waals surface area contributed by atoms with Crippen molar-refractivity contribution >= 4 is 0 Å². The molecule has 9 heavy (non-hydrogen) atoms. The lowest BCUT2D eigenvalue weighted by molar-refractivity contribution is 0.0503. The molecular formula is C7H17NO. The summed E-state index contributed by atoms with van der Waals surface area (Å²) in [4.78, 5) is 2.27. The number of rotatable bonds is 0. The Morgan fingerprint density at radius 2 is 1.56 bits per heavy atom. The molecule has 0 aromatic rings. The highest BCUT2D eigenvalue weighted by Crippen LogP contribution is 1.89. The summed E-state index contributed by atoms with van der Waals surface area (Å²) in [5.74, 6) is 0. The smallest absolute Gasteiger partial charge is 0.0594 e. The molecule has 1 aliphatic heterocycles. The van der Waals surface area contributed by atoms with Gasteiger partial charge in [-0.05, 0) is 7.05 Å². The molecule has 0 aliphatic carbocycles. The van der Waals surface area contributed by atoms with E-state index in [4.69, 9.17) is 4.74 Å². The van der Waals surface area contributed by atoms with Crippen molar-refractivity contribution in [3.05, 3.63) is 0 Å². The van der Waals surface area contributed by atoms with E-state index in [1.807, 2.05) is 13.8 Å². The second-order valence-electron chi connectivity index (χ2n) is 1.92. The normalized spacial score (nSPS) is 20.3. The summed E-state index contributed by atoms with van der Waals surface area (Å²) >= 11 is 0. The predicted octanol–water partition coefficient (Wildman–Crippen LogP) is 0.975. The van der Waals surface area contributed by atoms with E-state index in [-0.39, 0.29) is 0 Å². The van der Waals surface area contributed by atoms with Gasteiger partial charge in [0.05, 0.1) is 13.2 Å². The Hall–Kier alpha value is -0.0800. The summed E-state index contributed by atoms with van der Waals surface area (Å²) < 4.78 is 5.10. The zero-order valence-electron chi connectivity index (χ0n) is 6.68. The number of ether oxygens (including phenoxy) is 1. The van der Waals surface area contributed by atoms with Crippen molar-refractivity contribution in [3.8, 4) is 0 Å². The number of hydrogen-bond acceptors (Lipinski definition) is 2. The lowest BCUT2D eigenvalue weighted by Gasteiger charge is -2.21. The van der Waals surface area contributed by atoms with E-state index in [1.165, 1.54) is 0 Å². The van der Waals surface area contributed by atoms with Crippen molar-refractivity contribution in [2.24, 2.45) is 0 Å². The summed E-state index contributed by atoms with van der Waals surface area (Å²) in [6, 6.07) is 0. The molecular weight excluding hydrogens is 114 g/mol. The maximum Gasteiger partial charge on any atom is 0.0594 e. The second-order valence-corrected chi connectivity index (χ2v) is 1.92.